The van der Waals surface area contributed by atoms with Crippen molar-refractivity contribution in [3.63, 3.8) is 0 Å². The number of aliphatic carboxylic acids is 1. The number of aryl methyl sites for hydroxylation is 2. The fourth-order valence-corrected chi connectivity index (χ4v) is 4.93. The highest BCUT2D eigenvalue weighted by atomic mass is 16.6. The quantitative estimate of drug-likeness (QED) is 0.557. The van der Waals surface area contributed by atoms with Crippen LogP contribution in [0.2, 0.25) is 0 Å². The molecular formula is C27H29NO7. The first-order valence-electron chi connectivity index (χ1n) is 11.8. The van der Waals surface area contributed by atoms with Crippen LogP contribution in [0, 0.1) is 25.7 Å². The summed E-state index contributed by atoms with van der Waals surface area (Å²) in [5.74, 6) is -3.33. The zero-order valence-electron chi connectivity index (χ0n) is 19.7. The number of carboxylic acid groups (broad SMARTS) is 1. The van der Waals surface area contributed by atoms with Gasteiger partial charge < -0.3 is 19.9 Å². The van der Waals surface area contributed by atoms with Crippen molar-refractivity contribution in [1.29, 1.82) is 0 Å². The van der Waals surface area contributed by atoms with Crippen molar-refractivity contribution in [2.24, 2.45) is 11.8 Å². The Balaban J connectivity index is 1.56. The molecule has 1 amide bonds. The highest BCUT2D eigenvalue weighted by Crippen LogP contribution is 2.44. The summed E-state index contributed by atoms with van der Waals surface area (Å²) in [6.45, 7) is 3.70. The molecule has 4 rings (SSSR count). The Labute approximate surface area is 203 Å². The number of carboxylic acids is 1. The SMILES string of the molecule is Cc1ccc(C(=O)O[C@H](C(=O)O)[C@H](OC(=O)c2ccc(C)cc2)C(=O)N[C@H]2C[C@H]3CC[C@H]2C3)cc1. The zero-order valence-corrected chi connectivity index (χ0v) is 19.7. The lowest BCUT2D eigenvalue weighted by Crippen LogP contribution is -2.53. The molecule has 8 heteroatoms. The maximum absolute atomic E-state index is 13.3. The van der Waals surface area contributed by atoms with E-state index in [1.807, 2.05) is 13.8 Å². The summed E-state index contributed by atoms with van der Waals surface area (Å²) in [5, 5.41) is 12.7. The molecule has 2 aliphatic carbocycles. The molecule has 184 valence electrons. The predicted molar refractivity (Wildman–Crippen MR) is 126 cm³/mol. The molecule has 0 spiro atoms. The van der Waals surface area contributed by atoms with Crippen molar-refractivity contribution in [2.75, 3.05) is 0 Å². The number of rotatable bonds is 8. The summed E-state index contributed by atoms with van der Waals surface area (Å²) < 4.78 is 10.6. The van der Waals surface area contributed by atoms with E-state index in [1.165, 1.54) is 24.3 Å². The van der Waals surface area contributed by atoms with Gasteiger partial charge in [0.25, 0.3) is 5.91 Å². The van der Waals surface area contributed by atoms with Crippen molar-refractivity contribution in [2.45, 2.75) is 57.8 Å². The molecule has 35 heavy (non-hydrogen) atoms. The van der Waals surface area contributed by atoms with Gasteiger partial charge >= 0.3 is 17.9 Å². The van der Waals surface area contributed by atoms with Crippen LogP contribution in [-0.2, 0) is 19.1 Å². The molecule has 0 unspecified atom stereocenters. The second-order valence-electron chi connectivity index (χ2n) is 9.51. The summed E-state index contributed by atoms with van der Waals surface area (Å²) in [6.07, 6.45) is 0.0641. The predicted octanol–water partition coefficient (Wildman–Crippen LogP) is 3.44. The smallest absolute Gasteiger partial charge is 0.349 e. The standard InChI is InChI=1S/C27H29NO7/c1-15-3-8-18(9-4-15)26(32)34-22(24(29)28-21-14-17-7-12-20(21)13-17)23(25(30)31)35-27(33)19-10-5-16(2)6-11-19/h3-6,8-11,17,20-23H,7,12-14H2,1-2H3,(H,28,29)(H,30,31)/t17-,20-,21-,22-,23-/m0/s1. The Hall–Kier alpha value is -3.68. The molecule has 0 radical (unpaired) electrons. The number of fused-ring (bicyclic) bond motifs is 2. The molecular weight excluding hydrogens is 450 g/mol. The van der Waals surface area contributed by atoms with Crippen LogP contribution < -0.4 is 5.32 Å². The van der Waals surface area contributed by atoms with E-state index in [1.54, 1.807) is 24.3 Å². The molecule has 2 fully saturated rings. The van der Waals surface area contributed by atoms with E-state index >= 15 is 0 Å². The van der Waals surface area contributed by atoms with Gasteiger partial charge in [0.2, 0.25) is 12.2 Å². The number of benzene rings is 2. The maximum Gasteiger partial charge on any atom is 0.349 e. The van der Waals surface area contributed by atoms with Gasteiger partial charge in [0, 0.05) is 6.04 Å². The van der Waals surface area contributed by atoms with Gasteiger partial charge in [-0.15, -0.1) is 0 Å². The molecule has 2 N–H and O–H groups in total. The van der Waals surface area contributed by atoms with Crippen LogP contribution >= 0.6 is 0 Å². The zero-order chi connectivity index (χ0) is 25.1. The number of carbonyl (C=O) groups excluding carboxylic acids is 3. The van der Waals surface area contributed by atoms with E-state index in [9.17, 15) is 24.3 Å². The summed E-state index contributed by atoms with van der Waals surface area (Å²) in [7, 11) is 0. The van der Waals surface area contributed by atoms with Crippen LogP contribution in [0.1, 0.15) is 57.5 Å². The Morgan fingerprint density at radius 2 is 1.31 bits per heavy atom. The summed E-state index contributed by atoms with van der Waals surface area (Å²) in [4.78, 5) is 50.9. The second-order valence-corrected chi connectivity index (χ2v) is 9.51. The largest absolute Gasteiger partial charge is 0.478 e. The molecule has 2 aromatic carbocycles. The molecule has 2 bridgehead atoms. The normalized spacial score (nSPS) is 22.2. The van der Waals surface area contributed by atoms with Crippen LogP contribution in [-0.4, -0.2) is 47.2 Å². The van der Waals surface area contributed by atoms with E-state index in [-0.39, 0.29) is 17.2 Å². The van der Waals surface area contributed by atoms with Crippen molar-refractivity contribution in [1.82, 2.24) is 5.32 Å². The van der Waals surface area contributed by atoms with Crippen molar-refractivity contribution < 1.29 is 33.8 Å². The first kappa shape index (κ1) is 24.4. The third kappa shape index (κ3) is 5.70. The fourth-order valence-electron chi connectivity index (χ4n) is 4.93. The van der Waals surface area contributed by atoms with Gasteiger partial charge in [-0.25, -0.2) is 14.4 Å². The van der Waals surface area contributed by atoms with Crippen LogP contribution in [0.25, 0.3) is 0 Å². The number of ether oxygens (including phenoxy) is 2. The lowest BCUT2D eigenvalue weighted by Gasteiger charge is -2.28. The first-order valence-corrected chi connectivity index (χ1v) is 11.8. The lowest BCUT2D eigenvalue weighted by molar-refractivity contribution is -0.159. The third-order valence-corrected chi connectivity index (χ3v) is 6.89. The number of carbonyl (C=O) groups is 4. The molecule has 0 aliphatic heterocycles. The van der Waals surface area contributed by atoms with Gasteiger partial charge in [-0.3, -0.25) is 4.79 Å². The van der Waals surface area contributed by atoms with Crippen LogP contribution in [0.3, 0.4) is 0 Å². The highest BCUT2D eigenvalue weighted by molar-refractivity contribution is 5.96. The highest BCUT2D eigenvalue weighted by Gasteiger charge is 2.45. The van der Waals surface area contributed by atoms with Crippen molar-refractivity contribution >= 4 is 23.8 Å². The minimum Gasteiger partial charge on any atom is -0.478 e. The van der Waals surface area contributed by atoms with Gasteiger partial charge in [-0.05, 0) is 69.2 Å². The maximum atomic E-state index is 13.3. The monoisotopic (exact) mass is 479 g/mol. The van der Waals surface area contributed by atoms with E-state index in [0.717, 1.165) is 36.8 Å². The molecule has 0 heterocycles. The third-order valence-electron chi connectivity index (χ3n) is 6.89. The van der Waals surface area contributed by atoms with Gasteiger partial charge in [0.15, 0.2) is 0 Å². The minimum absolute atomic E-state index is 0.121. The summed E-state index contributed by atoms with van der Waals surface area (Å²) >= 11 is 0. The van der Waals surface area contributed by atoms with E-state index in [2.05, 4.69) is 5.32 Å². The van der Waals surface area contributed by atoms with Crippen LogP contribution in [0.4, 0.5) is 0 Å². The van der Waals surface area contributed by atoms with E-state index in [4.69, 9.17) is 9.47 Å². The Kier molecular flexibility index (Phi) is 7.19. The van der Waals surface area contributed by atoms with Crippen molar-refractivity contribution in [3.8, 4) is 0 Å². The van der Waals surface area contributed by atoms with E-state index < -0.39 is 36.0 Å². The van der Waals surface area contributed by atoms with Crippen LogP contribution in [0.15, 0.2) is 48.5 Å². The average molecular weight is 480 g/mol. The molecule has 2 saturated carbocycles. The molecule has 0 aromatic heterocycles. The van der Waals surface area contributed by atoms with Gasteiger partial charge in [0.05, 0.1) is 11.1 Å². The van der Waals surface area contributed by atoms with Crippen LogP contribution in [0.5, 0.6) is 0 Å². The average Bonchev–Trinajstić information content (AvgIpc) is 3.45. The Morgan fingerprint density at radius 3 is 1.74 bits per heavy atom. The number of amides is 1. The number of nitrogens with one attached hydrogen (secondary N) is 1. The number of hydrogen-bond acceptors (Lipinski definition) is 6. The molecule has 2 aliphatic rings. The summed E-state index contributed by atoms with van der Waals surface area (Å²) in [6, 6.07) is 12.7. The van der Waals surface area contributed by atoms with Gasteiger partial charge in [-0.2, -0.15) is 0 Å². The van der Waals surface area contributed by atoms with Crippen molar-refractivity contribution in [3.05, 3.63) is 70.8 Å². The number of esters is 2. The van der Waals surface area contributed by atoms with E-state index in [0.29, 0.717) is 11.8 Å². The van der Waals surface area contributed by atoms with Gasteiger partial charge in [-0.1, -0.05) is 41.8 Å². The number of hydrogen-bond donors (Lipinski definition) is 2. The molecule has 8 nitrogen and oxygen atoms in total. The Bertz CT molecular complexity index is 1110. The molecule has 0 saturated heterocycles. The second kappa shape index (κ2) is 10.3. The molecule has 5 atom stereocenters. The topological polar surface area (TPSA) is 119 Å². The fraction of sp³-hybridized carbons (Fsp3) is 0.407. The Morgan fingerprint density at radius 1 is 0.800 bits per heavy atom. The van der Waals surface area contributed by atoms with Gasteiger partial charge in [0.1, 0.15) is 0 Å². The lowest BCUT2D eigenvalue weighted by atomic mass is 9.95. The molecule has 2 aromatic rings. The minimum atomic E-state index is -2.02. The summed E-state index contributed by atoms with van der Waals surface area (Å²) in [5.41, 5.74) is 2.11. The first-order chi connectivity index (χ1) is 16.7.